The highest BCUT2D eigenvalue weighted by atomic mass is 35.5. The molecule has 2 aromatic rings. The smallest absolute Gasteiger partial charge is 0.410 e. The number of rotatable bonds is 5. The lowest BCUT2D eigenvalue weighted by atomic mass is 10.2. The van der Waals surface area contributed by atoms with Crippen LogP contribution in [0.1, 0.15) is 10.4 Å². The number of nitrogens with one attached hydrogen (secondary N) is 2. The van der Waals surface area contributed by atoms with Gasteiger partial charge in [0.05, 0.1) is 10.0 Å². The number of amides is 2. The first-order chi connectivity index (χ1) is 11.1. The molecule has 0 saturated heterocycles. The summed E-state index contributed by atoms with van der Waals surface area (Å²) in [5, 5.41) is 5.88. The fraction of sp³-hybridized carbons (Fsp3) is 0.125. The zero-order chi connectivity index (χ0) is 16.7. The first kappa shape index (κ1) is 17.1. The van der Waals surface area contributed by atoms with Crippen LogP contribution in [0.15, 0.2) is 48.5 Å². The van der Waals surface area contributed by atoms with E-state index in [1.807, 2.05) is 6.07 Å². The molecular formula is C16H14Cl2N2O3. The predicted molar refractivity (Wildman–Crippen MR) is 89.3 cm³/mol. The summed E-state index contributed by atoms with van der Waals surface area (Å²) < 4.78 is 5.04. The Bertz CT molecular complexity index is 693. The molecule has 0 unspecified atom stereocenters. The Hall–Kier alpha value is -2.24. The zero-order valence-corrected chi connectivity index (χ0v) is 13.5. The SMILES string of the molecule is O=C(NCCNC(=O)c1ccc(Cl)c(Cl)c1)Oc1ccccc1. The monoisotopic (exact) mass is 352 g/mol. The van der Waals surface area contributed by atoms with Gasteiger partial charge in [0.25, 0.3) is 5.91 Å². The minimum Gasteiger partial charge on any atom is -0.410 e. The van der Waals surface area contributed by atoms with Crippen molar-refractivity contribution in [3.05, 3.63) is 64.1 Å². The van der Waals surface area contributed by atoms with E-state index >= 15 is 0 Å². The molecule has 7 heteroatoms. The molecule has 2 aromatic carbocycles. The van der Waals surface area contributed by atoms with Crippen LogP contribution < -0.4 is 15.4 Å². The molecule has 0 saturated carbocycles. The van der Waals surface area contributed by atoms with Crippen molar-refractivity contribution in [2.24, 2.45) is 0 Å². The number of carbonyl (C=O) groups excluding carboxylic acids is 2. The number of halogens is 2. The highest BCUT2D eigenvalue weighted by molar-refractivity contribution is 6.42. The first-order valence-corrected chi connectivity index (χ1v) is 7.56. The van der Waals surface area contributed by atoms with Gasteiger partial charge in [-0.25, -0.2) is 4.79 Å². The Labute approximate surface area is 143 Å². The van der Waals surface area contributed by atoms with Gasteiger partial charge in [0, 0.05) is 18.7 Å². The molecule has 2 amide bonds. The number of carbonyl (C=O) groups is 2. The summed E-state index contributed by atoms with van der Waals surface area (Å²) >= 11 is 11.6. The van der Waals surface area contributed by atoms with Crippen LogP contribution in [0.5, 0.6) is 5.75 Å². The minimum atomic E-state index is -0.583. The fourth-order valence-electron chi connectivity index (χ4n) is 1.71. The normalized spacial score (nSPS) is 10.0. The number of hydrogen-bond acceptors (Lipinski definition) is 3. The van der Waals surface area contributed by atoms with Gasteiger partial charge in [-0.05, 0) is 30.3 Å². The van der Waals surface area contributed by atoms with Crippen LogP contribution in [0.2, 0.25) is 10.0 Å². The van der Waals surface area contributed by atoms with Crippen molar-refractivity contribution < 1.29 is 14.3 Å². The van der Waals surface area contributed by atoms with Gasteiger partial charge in [-0.2, -0.15) is 0 Å². The van der Waals surface area contributed by atoms with E-state index in [4.69, 9.17) is 27.9 Å². The molecule has 0 aliphatic rings. The van der Waals surface area contributed by atoms with Crippen LogP contribution in [0, 0.1) is 0 Å². The van der Waals surface area contributed by atoms with Crippen molar-refractivity contribution in [2.45, 2.75) is 0 Å². The second-order valence-electron chi connectivity index (χ2n) is 4.51. The van der Waals surface area contributed by atoms with E-state index in [0.29, 0.717) is 21.4 Å². The molecule has 2 rings (SSSR count). The van der Waals surface area contributed by atoms with Crippen LogP contribution in [0.3, 0.4) is 0 Å². The van der Waals surface area contributed by atoms with Gasteiger partial charge in [0.2, 0.25) is 0 Å². The molecule has 0 aliphatic heterocycles. The number of hydrogen-bond donors (Lipinski definition) is 2. The van der Waals surface area contributed by atoms with Crippen LogP contribution >= 0.6 is 23.2 Å². The van der Waals surface area contributed by atoms with Crippen molar-refractivity contribution in [1.82, 2.24) is 10.6 Å². The second kappa shape index (κ2) is 8.41. The lowest BCUT2D eigenvalue weighted by molar-refractivity contribution is 0.0953. The highest BCUT2D eigenvalue weighted by Gasteiger charge is 2.08. The molecule has 0 bridgehead atoms. The number of para-hydroxylation sites is 1. The lowest BCUT2D eigenvalue weighted by Gasteiger charge is -2.08. The maximum Gasteiger partial charge on any atom is 0.412 e. The van der Waals surface area contributed by atoms with Crippen LogP contribution in [0.25, 0.3) is 0 Å². The van der Waals surface area contributed by atoms with Gasteiger partial charge in [-0.15, -0.1) is 0 Å². The second-order valence-corrected chi connectivity index (χ2v) is 5.33. The summed E-state index contributed by atoms with van der Waals surface area (Å²) in [5.74, 6) is 0.145. The maximum atomic E-state index is 11.9. The Balaban J connectivity index is 1.71. The van der Waals surface area contributed by atoms with Gasteiger partial charge in [-0.3, -0.25) is 4.79 Å². The Morgan fingerprint density at radius 1 is 0.913 bits per heavy atom. The molecule has 120 valence electrons. The quantitative estimate of drug-likeness (QED) is 0.809. The molecular weight excluding hydrogens is 339 g/mol. The van der Waals surface area contributed by atoms with E-state index in [0.717, 1.165) is 0 Å². The Morgan fingerprint density at radius 2 is 1.61 bits per heavy atom. The standard InChI is InChI=1S/C16H14Cl2N2O3/c17-13-7-6-11(10-14(13)18)15(21)19-8-9-20-16(22)23-12-4-2-1-3-5-12/h1-7,10H,8-9H2,(H,19,21)(H,20,22). The average molecular weight is 353 g/mol. The van der Waals surface area contributed by atoms with Crippen molar-refractivity contribution in [2.75, 3.05) is 13.1 Å². The lowest BCUT2D eigenvalue weighted by Crippen LogP contribution is -2.36. The van der Waals surface area contributed by atoms with Crippen LogP contribution in [-0.2, 0) is 0 Å². The summed E-state index contributed by atoms with van der Waals surface area (Å²) in [5.41, 5.74) is 0.395. The van der Waals surface area contributed by atoms with Gasteiger partial charge in [0.15, 0.2) is 0 Å². The van der Waals surface area contributed by atoms with Crippen LogP contribution in [0.4, 0.5) is 4.79 Å². The first-order valence-electron chi connectivity index (χ1n) is 6.80. The van der Waals surface area contributed by atoms with Crippen molar-refractivity contribution in [3.63, 3.8) is 0 Å². The molecule has 0 aliphatic carbocycles. The van der Waals surface area contributed by atoms with E-state index in [9.17, 15) is 9.59 Å². The van der Waals surface area contributed by atoms with Gasteiger partial charge in [0.1, 0.15) is 5.75 Å². The van der Waals surface area contributed by atoms with Gasteiger partial charge >= 0.3 is 6.09 Å². The summed E-state index contributed by atoms with van der Waals surface area (Å²) in [4.78, 5) is 23.4. The zero-order valence-electron chi connectivity index (χ0n) is 12.0. The molecule has 2 N–H and O–H groups in total. The topological polar surface area (TPSA) is 67.4 Å². The van der Waals surface area contributed by atoms with Crippen molar-refractivity contribution in [3.8, 4) is 5.75 Å². The fourth-order valence-corrected chi connectivity index (χ4v) is 2.01. The summed E-state index contributed by atoms with van der Waals surface area (Å²) in [6.07, 6.45) is -0.583. The molecule has 23 heavy (non-hydrogen) atoms. The van der Waals surface area contributed by atoms with E-state index in [1.54, 1.807) is 36.4 Å². The number of benzene rings is 2. The highest BCUT2D eigenvalue weighted by Crippen LogP contribution is 2.22. The van der Waals surface area contributed by atoms with Crippen molar-refractivity contribution >= 4 is 35.2 Å². The third-order valence-corrected chi connectivity index (χ3v) is 3.55. The molecule has 5 nitrogen and oxygen atoms in total. The van der Waals surface area contributed by atoms with Crippen LogP contribution in [-0.4, -0.2) is 25.1 Å². The van der Waals surface area contributed by atoms with E-state index in [-0.39, 0.29) is 19.0 Å². The largest absolute Gasteiger partial charge is 0.412 e. The predicted octanol–water partition coefficient (Wildman–Crippen LogP) is 3.51. The average Bonchev–Trinajstić information content (AvgIpc) is 2.55. The van der Waals surface area contributed by atoms with Crippen molar-refractivity contribution in [1.29, 1.82) is 0 Å². The Kier molecular flexibility index (Phi) is 6.26. The molecule has 0 spiro atoms. The number of ether oxygens (including phenoxy) is 1. The summed E-state index contributed by atoms with van der Waals surface area (Å²) in [6, 6.07) is 13.3. The molecule has 0 heterocycles. The third kappa shape index (κ3) is 5.47. The molecule has 0 fully saturated rings. The third-order valence-electron chi connectivity index (χ3n) is 2.82. The minimum absolute atomic E-state index is 0.235. The van der Waals surface area contributed by atoms with E-state index in [2.05, 4.69) is 10.6 Å². The van der Waals surface area contributed by atoms with Gasteiger partial charge in [-0.1, -0.05) is 41.4 Å². The van der Waals surface area contributed by atoms with E-state index < -0.39 is 6.09 Å². The summed E-state index contributed by atoms with van der Waals surface area (Å²) in [7, 11) is 0. The van der Waals surface area contributed by atoms with E-state index in [1.165, 1.54) is 6.07 Å². The molecule has 0 aromatic heterocycles. The molecule has 0 radical (unpaired) electrons. The molecule has 0 atom stereocenters. The maximum absolute atomic E-state index is 11.9. The van der Waals surface area contributed by atoms with Gasteiger partial charge < -0.3 is 15.4 Å². The Morgan fingerprint density at radius 3 is 2.30 bits per heavy atom. The summed E-state index contributed by atoms with van der Waals surface area (Å²) in [6.45, 7) is 0.488.